The number of carboxylic acid groups (broad SMARTS) is 2. The van der Waals surface area contributed by atoms with Crippen molar-refractivity contribution in [3.05, 3.63) is 0 Å². The Kier molecular flexibility index (Phi) is 3.64. The van der Waals surface area contributed by atoms with Crippen LogP contribution in [0.4, 0.5) is 4.79 Å². The minimum absolute atomic E-state index is 0.225. The fraction of sp³-hybridized carbons (Fsp3) is 0.750. The zero-order valence-electron chi connectivity index (χ0n) is 10.5. The summed E-state index contributed by atoms with van der Waals surface area (Å²) in [5, 5.41) is 22.2. The zero-order chi connectivity index (χ0) is 14.0. The topological polar surface area (TPSA) is 116 Å². The standard InChI is InChI=1S/C12H18N2O5/c15-9(16)5-8(10(17)18)14-11(19)13-6-12(3-4-12)7-1-2-7/h7-8H,1-6H2,(H,15,16)(H,17,18)(H2,13,14,19)/t8-/m1/s1. The molecule has 7 nitrogen and oxygen atoms in total. The second-order valence-corrected chi connectivity index (χ2v) is 5.45. The Labute approximate surface area is 110 Å². The summed E-state index contributed by atoms with van der Waals surface area (Å²) in [6, 6.07) is -2.01. The van der Waals surface area contributed by atoms with E-state index in [0.29, 0.717) is 12.5 Å². The molecule has 2 aliphatic carbocycles. The van der Waals surface area contributed by atoms with Gasteiger partial charge in [0.05, 0.1) is 6.42 Å². The van der Waals surface area contributed by atoms with Crippen molar-refractivity contribution in [3.63, 3.8) is 0 Å². The molecule has 0 aromatic rings. The lowest BCUT2D eigenvalue weighted by molar-refractivity contribution is -0.145. The first-order valence-corrected chi connectivity index (χ1v) is 6.42. The van der Waals surface area contributed by atoms with E-state index in [4.69, 9.17) is 10.2 Å². The highest BCUT2D eigenvalue weighted by Crippen LogP contribution is 2.60. The summed E-state index contributed by atoms with van der Waals surface area (Å²) in [6.07, 6.45) is 4.00. The Balaban J connectivity index is 1.76. The minimum Gasteiger partial charge on any atom is -0.481 e. The third kappa shape index (κ3) is 3.59. The Morgan fingerprint density at radius 1 is 1.21 bits per heavy atom. The molecule has 2 saturated carbocycles. The maximum atomic E-state index is 11.6. The largest absolute Gasteiger partial charge is 0.481 e. The van der Waals surface area contributed by atoms with Crippen molar-refractivity contribution in [1.29, 1.82) is 0 Å². The van der Waals surface area contributed by atoms with Crippen molar-refractivity contribution >= 4 is 18.0 Å². The maximum absolute atomic E-state index is 11.6. The number of rotatable bonds is 7. The molecule has 2 amide bonds. The lowest BCUT2D eigenvalue weighted by Crippen LogP contribution is -2.48. The average molecular weight is 270 g/mol. The van der Waals surface area contributed by atoms with E-state index in [1.54, 1.807) is 0 Å². The van der Waals surface area contributed by atoms with E-state index in [1.165, 1.54) is 12.8 Å². The predicted molar refractivity (Wildman–Crippen MR) is 64.6 cm³/mol. The van der Waals surface area contributed by atoms with Gasteiger partial charge in [0, 0.05) is 6.54 Å². The summed E-state index contributed by atoms with van der Waals surface area (Å²) in [5.74, 6) is -1.91. The van der Waals surface area contributed by atoms with Gasteiger partial charge in [0.1, 0.15) is 6.04 Å². The second-order valence-electron chi connectivity index (χ2n) is 5.45. The van der Waals surface area contributed by atoms with Crippen LogP contribution in [0, 0.1) is 11.3 Å². The Morgan fingerprint density at radius 2 is 1.84 bits per heavy atom. The number of hydrogen-bond acceptors (Lipinski definition) is 3. The van der Waals surface area contributed by atoms with Gasteiger partial charge in [-0.3, -0.25) is 4.79 Å². The van der Waals surface area contributed by atoms with E-state index in [-0.39, 0.29) is 5.41 Å². The molecule has 0 aliphatic heterocycles. The van der Waals surface area contributed by atoms with Crippen LogP contribution in [-0.2, 0) is 9.59 Å². The van der Waals surface area contributed by atoms with Crippen molar-refractivity contribution < 1.29 is 24.6 Å². The molecule has 0 radical (unpaired) electrons. The van der Waals surface area contributed by atoms with Crippen molar-refractivity contribution in [2.75, 3.05) is 6.54 Å². The van der Waals surface area contributed by atoms with Crippen LogP contribution < -0.4 is 10.6 Å². The Hall–Kier alpha value is -1.79. The molecule has 0 saturated heterocycles. The summed E-state index contributed by atoms with van der Waals surface area (Å²) >= 11 is 0. The molecule has 2 rings (SSSR count). The van der Waals surface area contributed by atoms with Gasteiger partial charge >= 0.3 is 18.0 Å². The third-order valence-electron chi connectivity index (χ3n) is 3.92. The number of carbonyl (C=O) groups excluding carboxylic acids is 1. The number of aliphatic carboxylic acids is 2. The molecule has 0 spiro atoms. The van der Waals surface area contributed by atoms with E-state index < -0.39 is 30.4 Å². The smallest absolute Gasteiger partial charge is 0.326 e. The maximum Gasteiger partial charge on any atom is 0.326 e. The molecular formula is C12H18N2O5. The van der Waals surface area contributed by atoms with Gasteiger partial charge in [-0.1, -0.05) is 0 Å². The van der Waals surface area contributed by atoms with Crippen LogP contribution >= 0.6 is 0 Å². The molecule has 2 aliphatic rings. The van der Waals surface area contributed by atoms with Crippen molar-refractivity contribution in [1.82, 2.24) is 10.6 Å². The molecule has 0 unspecified atom stereocenters. The van der Waals surface area contributed by atoms with Crippen molar-refractivity contribution in [2.24, 2.45) is 11.3 Å². The van der Waals surface area contributed by atoms with E-state index in [0.717, 1.165) is 12.8 Å². The van der Waals surface area contributed by atoms with E-state index >= 15 is 0 Å². The van der Waals surface area contributed by atoms with Gasteiger partial charge in [0.2, 0.25) is 0 Å². The molecule has 7 heteroatoms. The lowest BCUT2D eigenvalue weighted by atomic mass is 10.0. The zero-order valence-corrected chi connectivity index (χ0v) is 10.5. The van der Waals surface area contributed by atoms with E-state index in [9.17, 15) is 14.4 Å². The summed E-state index contributed by atoms with van der Waals surface area (Å²) < 4.78 is 0. The molecule has 0 aromatic carbocycles. The van der Waals surface area contributed by atoms with Crippen LogP contribution in [0.1, 0.15) is 32.1 Å². The fourth-order valence-corrected chi connectivity index (χ4v) is 2.43. The van der Waals surface area contributed by atoms with Crippen LogP contribution in [-0.4, -0.2) is 40.8 Å². The number of carbonyl (C=O) groups is 3. The quantitative estimate of drug-likeness (QED) is 0.534. The van der Waals surface area contributed by atoms with Crippen LogP contribution in [0.5, 0.6) is 0 Å². The van der Waals surface area contributed by atoms with Gasteiger partial charge in [-0.25, -0.2) is 9.59 Å². The number of hydrogen-bond donors (Lipinski definition) is 4. The molecule has 106 valence electrons. The van der Waals surface area contributed by atoms with Crippen LogP contribution in [0.25, 0.3) is 0 Å². The average Bonchev–Trinajstić information content (AvgIpc) is 3.15. The van der Waals surface area contributed by atoms with Gasteiger partial charge in [-0.15, -0.1) is 0 Å². The first-order chi connectivity index (χ1) is 8.93. The van der Waals surface area contributed by atoms with Gasteiger partial charge in [-0.05, 0) is 37.0 Å². The molecule has 0 aromatic heterocycles. The second kappa shape index (κ2) is 5.07. The number of amides is 2. The third-order valence-corrected chi connectivity index (χ3v) is 3.92. The first kappa shape index (κ1) is 13.6. The molecule has 0 heterocycles. The molecule has 2 fully saturated rings. The number of nitrogens with one attached hydrogen (secondary N) is 2. The molecule has 4 N–H and O–H groups in total. The van der Waals surface area contributed by atoms with E-state index in [2.05, 4.69) is 10.6 Å². The van der Waals surface area contributed by atoms with E-state index in [1.807, 2.05) is 0 Å². The van der Waals surface area contributed by atoms with Crippen molar-refractivity contribution in [3.8, 4) is 0 Å². The summed E-state index contributed by atoms with van der Waals surface area (Å²) in [5.41, 5.74) is 0.225. The molecule has 19 heavy (non-hydrogen) atoms. The predicted octanol–water partition coefficient (Wildman–Crippen LogP) is 0.404. The van der Waals surface area contributed by atoms with Gasteiger partial charge in [0.15, 0.2) is 0 Å². The van der Waals surface area contributed by atoms with Gasteiger partial charge < -0.3 is 20.8 Å². The van der Waals surface area contributed by atoms with Crippen molar-refractivity contribution in [2.45, 2.75) is 38.1 Å². The lowest BCUT2D eigenvalue weighted by Gasteiger charge is -2.17. The number of carboxylic acids is 2. The highest BCUT2D eigenvalue weighted by atomic mass is 16.4. The Bertz CT molecular complexity index is 401. The summed E-state index contributed by atoms with van der Waals surface area (Å²) in [6.45, 7) is 0.545. The molecule has 1 atom stereocenters. The van der Waals surface area contributed by atoms with Gasteiger partial charge in [0.25, 0.3) is 0 Å². The molecular weight excluding hydrogens is 252 g/mol. The minimum atomic E-state index is -1.39. The monoisotopic (exact) mass is 270 g/mol. The first-order valence-electron chi connectivity index (χ1n) is 6.42. The normalized spacial score (nSPS) is 21.3. The SMILES string of the molecule is O=C(O)C[C@@H](NC(=O)NCC1(C2CC2)CC1)C(=O)O. The Morgan fingerprint density at radius 3 is 2.26 bits per heavy atom. The number of urea groups is 1. The summed E-state index contributed by atoms with van der Waals surface area (Å²) in [7, 11) is 0. The van der Waals surface area contributed by atoms with Gasteiger partial charge in [-0.2, -0.15) is 0 Å². The van der Waals surface area contributed by atoms with Crippen LogP contribution in [0.3, 0.4) is 0 Å². The highest BCUT2D eigenvalue weighted by Gasteiger charge is 2.53. The highest BCUT2D eigenvalue weighted by molar-refractivity contribution is 5.86. The molecule has 0 bridgehead atoms. The fourth-order valence-electron chi connectivity index (χ4n) is 2.43. The van der Waals surface area contributed by atoms with Crippen LogP contribution in [0.2, 0.25) is 0 Å². The van der Waals surface area contributed by atoms with Crippen LogP contribution in [0.15, 0.2) is 0 Å². The summed E-state index contributed by atoms with van der Waals surface area (Å²) in [4.78, 5) is 32.9.